The molecule has 4 aromatic rings. The molecule has 0 bridgehead atoms. The summed E-state index contributed by atoms with van der Waals surface area (Å²) < 4.78 is 95.0. The molecule has 5 rings (SSSR count). The molecule has 0 aliphatic heterocycles. The quantitative estimate of drug-likeness (QED) is 0.296. The summed E-state index contributed by atoms with van der Waals surface area (Å²) in [6.07, 6.45) is -3.63. The van der Waals surface area contributed by atoms with Crippen LogP contribution in [0.4, 0.5) is 36.4 Å². The Bertz CT molecular complexity index is 1700. The third-order valence-corrected chi connectivity index (χ3v) is 7.16. The van der Waals surface area contributed by atoms with E-state index in [1.807, 2.05) is 0 Å². The van der Waals surface area contributed by atoms with Crippen LogP contribution in [0.5, 0.6) is 0 Å². The Morgan fingerprint density at radius 2 is 1.73 bits per heavy atom. The summed E-state index contributed by atoms with van der Waals surface area (Å²) in [7, 11) is 0. The van der Waals surface area contributed by atoms with Crippen molar-refractivity contribution in [2.24, 2.45) is 5.92 Å². The van der Waals surface area contributed by atoms with E-state index in [0.717, 1.165) is 18.7 Å². The fourth-order valence-corrected chi connectivity index (χ4v) is 5.13. The zero-order valence-corrected chi connectivity index (χ0v) is 21.0. The predicted octanol–water partition coefficient (Wildman–Crippen LogP) is 5.39. The number of aryl methyl sites for hydroxylation is 1. The third-order valence-electron chi connectivity index (χ3n) is 7.16. The molecule has 0 unspecified atom stereocenters. The molecule has 0 radical (unpaired) electrons. The number of benzene rings is 1. The molecule has 3 heterocycles. The maximum absolute atomic E-state index is 14.9. The molecule has 0 saturated heterocycles. The highest BCUT2D eigenvalue weighted by Crippen LogP contribution is 2.36. The van der Waals surface area contributed by atoms with Crippen LogP contribution in [0.15, 0.2) is 52.6 Å². The number of halogens is 7. The van der Waals surface area contributed by atoms with Gasteiger partial charge in [0.2, 0.25) is 0 Å². The van der Waals surface area contributed by atoms with Crippen LogP contribution >= 0.6 is 0 Å². The molecule has 2 atom stereocenters. The maximum atomic E-state index is 14.9. The molecular weight excluding hydrogens is 561 g/mol. The minimum Gasteiger partial charge on any atom is -0.380 e. The van der Waals surface area contributed by atoms with Crippen LogP contribution in [0.2, 0.25) is 0 Å². The average molecular weight is 582 g/mol. The molecule has 0 spiro atoms. The molecule has 8 nitrogen and oxygen atoms in total. The van der Waals surface area contributed by atoms with Crippen molar-refractivity contribution in [2.75, 3.05) is 5.32 Å². The fourth-order valence-electron chi connectivity index (χ4n) is 5.13. The first-order valence-corrected chi connectivity index (χ1v) is 12.5. The summed E-state index contributed by atoms with van der Waals surface area (Å²) in [5.74, 6) is -1.28. The largest absolute Gasteiger partial charge is 0.423 e. The van der Waals surface area contributed by atoms with Crippen LogP contribution in [-0.4, -0.2) is 30.8 Å². The number of nitrogens with zero attached hydrogens (tertiary/aromatic N) is 4. The molecule has 1 saturated carbocycles. The van der Waals surface area contributed by atoms with Crippen molar-refractivity contribution in [3.05, 3.63) is 80.6 Å². The topological polar surface area (TPSA) is 106 Å². The molecule has 1 aromatic carbocycles. The summed E-state index contributed by atoms with van der Waals surface area (Å²) in [5.41, 5.74) is -4.88. The second-order valence-electron chi connectivity index (χ2n) is 9.74. The second kappa shape index (κ2) is 10.6. The van der Waals surface area contributed by atoms with E-state index in [-0.39, 0.29) is 35.3 Å². The molecular formula is C26H21F7N6O2. The lowest BCUT2D eigenvalue weighted by Gasteiger charge is -2.24. The Labute approximate surface area is 226 Å². The Kier molecular flexibility index (Phi) is 7.30. The summed E-state index contributed by atoms with van der Waals surface area (Å²) in [4.78, 5) is 32.1. The number of pyridine rings is 1. The van der Waals surface area contributed by atoms with Gasteiger partial charge in [-0.15, -0.1) is 0 Å². The van der Waals surface area contributed by atoms with E-state index < -0.39 is 46.1 Å². The number of alkyl halides is 6. The first-order chi connectivity index (χ1) is 19.3. The van der Waals surface area contributed by atoms with E-state index in [9.17, 15) is 40.3 Å². The number of nitrogens with one attached hydrogen (secondary N) is 2. The highest BCUT2D eigenvalue weighted by molar-refractivity contribution is 5.86. The van der Waals surface area contributed by atoms with Gasteiger partial charge in [-0.2, -0.15) is 31.4 Å². The van der Waals surface area contributed by atoms with Gasteiger partial charge in [0.05, 0.1) is 28.4 Å². The van der Waals surface area contributed by atoms with Gasteiger partial charge in [0.15, 0.2) is 5.82 Å². The Morgan fingerprint density at radius 1 is 1.00 bits per heavy atom. The Hall–Kier alpha value is -4.30. The molecule has 41 heavy (non-hydrogen) atoms. The van der Waals surface area contributed by atoms with E-state index in [1.54, 1.807) is 11.2 Å². The molecule has 15 heteroatoms. The summed E-state index contributed by atoms with van der Waals surface area (Å²) in [5, 5.41) is 8.45. The number of hydrogen-bond acceptors (Lipinski definition) is 6. The first kappa shape index (κ1) is 28.2. The van der Waals surface area contributed by atoms with Gasteiger partial charge in [0, 0.05) is 31.2 Å². The average Bonchev–Trinajstić information content (AvgIpc) is 3.34. The Balaban J connectivity index is 1.34. The van der Waals surface area contributed by atoms with Gasteiger partial charge >= 0.3 is 12.4 Å². The van der Waals surface area contributed by atoms with Crippen molar-refractivity contribution in [3.8, 4) is 11.4 Å². The van der Waals surface area contributed by atoms with E-state index in [4.69, 9.17) is 0 Å². The minimum atomic E-state index is -4.88. The lowest BCUT2D eigenvalue weighted by molar-refractivity contribution is -0.139. The zero-order valence-electron chi connectivity index (χ0n) is 21.0. The molecule has 3 aromatic heterocycles. The minimum absolute atomic E-state index is 0.0335. The second-order valence-corrected chi connectivity index (χ2v) is 9.74. The molecule has 216 valence electrons. The number of hydrogen-bond donors (Lipinski definition) is 2. The number of fused-ring (bicyclic) bond motifs is 1. The molecule has 0 amide bonds. The van der Waals surface area contributed by atoms with Crippen LogP contribution in [0.1, 0.15) is 36.8 Å². The van der Waals surface area contributed by atoms with Gasteiger partial charge in [-0.3, -0.25) is 9.59 Å². The summed E-state index contributed by atoms with van der Waals surface area (Å²) in [6, 6.07) is 3.41. The highest BCUT2D eigenvalue weighted by atomic mass is 19.4. The SMILES string of the molecule is O=c1[nH]ncc(N[C@H]2CCC[C@@H]2CCn2ccc3cc(-c4ncc(C(F)(F)F)cn4)c(F)cc3c2=O)c1C(F)(F)F. The summed E-state index contributed by atoms with van der Waals surface area (Å²) >= 11 is 0. The van der Waals surface area contributed by atoms with Crippen molar-refractivity contribution < 1.29 is 30.7 Å². The van der Waals surface area contributed by atoms with Gasteiger partial charge in [0.25, 0.3) is 11.1 Å². The molecule has 1 aliphatic carbocycles. The van der Waals surface area contributed by atoms with Crippen LogP contribution in [0, 0.1) is 11.7 Å². The zero-order chi connectivity index (χ0) is 29.5. The standard InChI is InChI=1S/C26H21F7N6O2/c27-18-9-16-14(8-17(18)22-34-10-15(11-35-22)25(28,29)30)5-7-39(24(16)41)6-4-13-2-1-3-19(13)37-20-12-36-38-23(40)21(20)26(31,32)33/h5,7-13,19H,1-4,6H2,(H2,37,38,40)/t13-,19+/m1/s1. The number of H-pyrrole nitrogens is 1. The van der Waals surface area contributed by atoms with Crippen molar-refractivity contribution in [2.45, 2.75) is 50.6 Å². The third kappa shape index (κ3) is 5.79. The van der Waals surface area contributed by atoms with Crippen molar-refractivity contribution in [3.63, 3.8) is 0 Å². The smallest absolute Gasteiger partial charge is 0.380 e. The Morgan fingerprint density at radius 3 is 2.41 bits per heavy atom. The molecule has 1 aliphatic rings. The van der Waals surface area contributed by atoms with Gasteiger partial charge in [-0.25, -0.2) is 19.5 Å². The normalized spacial score (nSPS) is 17.7. The van der Waals surface area contributed by atoms with Crippen molar-refractivity contribution >= 4 is 16.5 Å². The molecule has 1 fully saturated rings. The van der Waals surface area contributed by atoms with E-state index >= 15 is 0 Å². The number of aromatic nitrogens is 5. The van der Waals surface area contributed by atoms with E-state index in [1.165, 1.54) is 16.8 Å². The van der Waals surface area contributed by atoms with Crippen LogP contribution < -0.4 is 16.4 Å². The fraction of sp³-hybridized carbons (Fsp3) is 0.346. The van der Waals surface area contributed by atoms with Crippen LogP contribution in [0.3, 0.4) is 0 Å². The first-order valence-electron chi connectivity index (χ1n) is 12.5. The predicted molar refractivity (Wildman–Crippen MR) is 133 cm³/mol. The monoisotopic (exact) mass is 582 g/mol. The van der Waals surface area contributed by atoms with Gasteiger partial charge in [-0.05, 0) is 48.8 Å². The lowest BCUT2D eigenvalue weighted by Crippen LogP contribution is -2.31. The van der Waals surface area contributed by atoms with Gasteiger partial charge in [0.1, 0.15) is 11.4 Å². The molecule has 2 N–H and O–H groups in total. The van der Waals surface area contributed by atoms with Gasteiger partial charge in [-0.1, -0.05) is 6.42 Å². The number of rotatable bonds is 6. The van der Waals surface area contributed by atoms with Crippen molar-refractivity contribution in [1.29, 1.82) is 0 Å². The van der Waals surface area contributed by atoms with Crippen LogP contribution in [0.25, 0.3) is 22.2 Å². The lowest BCUT2D eigenvalue weighted by atomic mass is 9.98. The van der Waals surface area contributed by atoms with Crippen molar-refractivity contribution in [1.82, 2.24) is 24.7 Å². The van der Waals surface area contributed by atoms with Crippen LogP contribution in [-0.2, 0) is 18.9 Å². The van der Waals surface area contributed by atoms with E-state index in [0.29, 0.717) is 37.0 Å². The van der Waals surface area contributed by atoms with Gasteiger partial charge < -0.3 is 9.88 Å². The summed E-state index contributed by atoms with van der Waals surface area (Å²) in [6.45, 7) is 0.197. The maximum Gasteiger partial charge on any atom is 0.423 e. The number of anilines is 1. The van der Waals surface area contributed by atoms with E-state index in [2.05, 4.69) is 20.4 Å². The number of aromatic amines is 1. The highest BCUT2D eigenvalue weighted by Gasteiger charge is 2.39.